The Hall–Kier alpha value is -1.29. The van der Waals surface area contributed by atoms with Crippen molar-refractivity contribution >= 4 is 11.4 Å². The molecule has 54 valence electrons. The van der Waals surface area contributed by atoms with E-state index in [0.29, 0.717) is 5.69 Å². The number of hydrogen-bond acceptors (Lipinski definition) is 3. The van der Waals surface area contributed by atoms with Crippen LogP contribution < -0.4 is 11.2 Å². The van der Waals surface area contributed by atoms with Gasteiger partial charge < -0.3 is 5.73 Å². The van der Waals surface area contributed by atoms with Crippen molar-refractivity contribution in [2.45, 2.75) is 0 Å². The smallest absolute Gasteiger partial charge is 0.148 e. The lowest BCUT2D eigenvalue weighted by atomic mass is 10.3. The first-order valence-electron chi connectivity index (χ1n) is 2.69. The lowest BCUT2D eigenvalue weighted by Crippen LogP contribution is -1.94. The lowest BCUT2D eigenvalue weighted by Gasteiger charge is -2.00. The number of nitrogen functional groups attached to an aromatic ring is 1. The maximum atomic E-state index is 12.5. The molecule has 0 saturated heterocycles. The number of nitrogens with two attached hydrogens (primary N) is 1. The Morgan fingerprint density at radius 3 is 2.70 bits per heavy atom. The van der Waals surface area contributed by atoms with Crippen molar-refractivity contribution in [3.05, 3.63) is 24.0 Å². The van der Waals surface area contributed by atoms with E-state index in [0.717, 1.165) is 0 Å². The Morgan fingerprint density at radius 2 is 2.20 bits per heavy atom. The molecule has 4 heteroatoms. The zero-order chi connectivity index (χ0) is 7.56. The third-order valence-electron chi connectivity index (χ3n) is 1.11. The number of rotatable bonds is 1. The summed E-state index contributed by atoms with van der Waals surface area (Å²) in [5.41, 5.74) is 7.35. The van der Waals surface area contributed by atoms with Gasteiger partial charge in [-0.25, -0.2) is 4.39 Å². The Bertz CT molecular complexity index is 239. The average Bonchev–Trinajstić information content (AvgIpc) is 1.94. The largest absolute Gasteiger partial charge is 0.399 e. The maximum Gasteiger partial charge on any atom is 0.148 e. The molecule has 0 amide bonds. The van der Waals surface area contributed by atoms with Crippen molar-refractivity contribution in [3.8, 4) is 0 Å². The highest BCUT2D eigenvalue weighted by Crippen LogP contribution is 2.15. The summed E-state index contributed by atoms with van der Waals surface area (Å²) in [4.78, 5) is 0. The molecule has 0 radical (unpaired) electrons. The molecule has 0 aromatic heterocycles. The van der Waals surface area contributed by atoms with E-state index in [1.165, 1.54) is 18.2 Å². The van der Waals surface area contributed by atoms with Crippen molar-refractivity contribution in [2.24, 2.45) is 0 Å². The summed E-state index contributed by atoms with van der Waals surface area (Å²) in [7, 11) is 0. The van der Waals surface area contributed by atoms with Crippen LogP contribution in [0, 0.1) is 5.82 Å². The zero-order valence-electron chi connectivity index (χ0n) is 5.13. The van der Waals surface area contributed by atoms with Crippen LogP contribution in [0.1, 0.15) is 0 Å². The molecule has 3 nitrogen and oxygen atoms in total. The Kier molecular flexibility index (Phi) is 1.73. The molecule has 0 aliphatic rings. The lowest BCUT2D eigenvalue weighted by molar-refractivity contribution is 0.384. The molecule has 4 N–H and O–H groups in total. The zero-order valence-corrected chi connectivity index (χ0v) is 5.13. The topological polar surface area (TPSA) is 58.3 Å². The average molecular weight is 142 g/mol. The van der Waals surface area contributed by atoms with Crippen molar-refractivity contribution in [3.63, 3.8) is 0 Å². The fourth-order valence-corrected chi connectivity index (χ4v) is 0.629. The Morgan fingerprint density at radius 1 is 1.50 bits per heavy atom. The van der Waals surface area contributed by atoms with Crippen LogP contribution in [0.25, 0.3) is 0 Å². The molecule has 0 spiro atoms. The van der Waals surface area contributed by atoms with Crippen LogP contribution in [-0.2, 0) is 0 Å². The highest BCUT2D eigenvalue weighted by molar-refractivity contribution is 5.53. The van der Waals surface area contributed by atoms with Gasteiger partial charge in [0.15, 0.2) is 0 Å². The van der Waals surface area contributed by atoms with Gasteiger partial charge in [0, 0.05) is 5.69 Å². The summed E-state index contributed by atoms with van der Waals surface area (Å²) in [6.45, 7) is 0. The van der Waals surface area contributed by atoms with Crippen LogP contribution in [0.3, 0.4) is 0 Å². The van der Waals surface area contributed by atoms with Gasteiger partial charge in [-0.1, -0.05) is 0 Å². The van der Waals surface area contributed by atoms with E-state index in [2.05, 4.69) is 0 Å². The van der Waals surface area contributed by atoms with E-state index in [-0.39, 0.29) is 5.69 Å². The predicted octanol–water partition coefficient (Wildman–Crippen LogP) is 1.21. The van der Waals surface area contributed by atoms with E-state index < -0.39 is 5.82 Å². The van der Waals surface area contributed by atoms with Gasteiger partial charge in [-0.05, 0) is 18.2 Å². The van der Waals surface area contributed by atoms with Gasteiger partial charge in [-0.3, -0.25) is 10.7 Å². The van der Waals surface area contributed by atoms with Crippen LogP contribution in [0.5, 0.6) is 0 Å². The van der Waals surface area contributed by atoms with Crippen molar-refractivity contribution in [1.29, 1.82) is 0 Å². The number of nitrogens with one attached hydrogen (secondary N) is 1. The number of anilines is 2. The first kappa shape index (κ1) is 6.82. The summed E-state index contributed by atoms with van der Waals surface area (Å²) in [5.74, 6) is -0.531. The molecule has 0 bridgehead atoms. The molecule has 0 saturated carbocycles. The van der Waals surface area contributed by atoms with Crippen LogP contribution in [0.15, 0.2) is 18.2 Å². The number of benzene rings is 1. The standard InChI is InChI=1S/C6H7FN2O/c7-5-2-1-4(8)3-6(5)9-10/h1-3,9-10H,8H2. The van der Waals surface area contributed by atoms with Crippen molar-refractivity contribution in [2.75, 3.05) is 11.2 Å². The van der Waals surface area contributed by atoms with E-state index in [4.69, 9.17) is 10.9 Å². The minimum Gasteiger partial charge on any atom is -0.399 e. The molecule has 0 fully saturated rings. The van der Waals surface area contributed by atoms with E-state index in [1.54, 1.807) is 5.48 Å². The van der Waals surface area contributed by atoms with Crippen molar-refractivity contribution in [1.82, 2.24) is 0 Å². The summed E-state index contributed by atoms with van der Waals surface area (Å²) in [6, 6.07) is 3.89. The number of halogens is 1. The third-order valence-corrected chi connectivity index (χ3v) is 1.11. The van der Waals surface area contributed by atoms with Gasteiger partial charge in [-0.2, -0.15) is 0 Å². The van der Waals surface area contributed by atoms with Gasteiger partial charge >= 0.3 is 0 Å². The van der Waals surface area contributed by atoms with Gasteiger partial charge in [0.2, 0.25) is 0 Å². The molecule has 0 aliphatic carbocycles. The molecule has 0 atom stereocenters. The highest BCUT2D eigenvalue weighted by Gasteiger charge is 1.98. The van der Waals surface area contributed by atoms with Gasteiger partial charge in [0.25, 0.3) is 0 Å². The first-order chi connectivity index (χ1) is 4.74. The van der Waals surface area contributed by atoms with Gasteiger partial charge in [-0.15, -0.1) is 0 Å². The molecular weight excluding hydrogens is 135 g/mol. The fraction of sp³-hybridized carbons (Fsp3) is 0. The van der Waals surface area contributed by atoms with Crippen LogP contribution in [0.4, 0.5) is 15.8 Å². The second kappa shape index (κ2) is 2.53. The summed E-state index contributed by atoms with van der Waals surface area (Å²) in [5, 5.41) is 8.30. The Labute approximate surface area is 57.2 Å². The first-order valence-corrected chi connectivity index (χ1v) is 2.69. The SMILES string of the molecule is Nc1ccc(F)c(NO)c1. The molecule has 10 heavy (non-hydrogen) atoms. The van der Waals surface area contributed by atoms with E-state index in [9.17, 15) is 4.39 Å². The second-order valence-corrected chi connectivity index (χ2v) is 1.85. The highest BCUT2D eigenvalue weighted by atomic mass is 19.1. The van der Waals surface area contributed by atoms with Crippen LogP contribution in [0.2, 0.25) is 0 Å². The van der Waals surface area contributed by atoms with Gasteiger partial charge in [0.1, 0.15) is 5.82 Å². The van der Waals surface area contributed by atoms with Crippen molar-refractivity contribution < 1.29 is 9.60 Å². The van der Waals surface area contributed by atoms with E-state index in [1.807, 2.05) is 0 Å². The van der Waals surface area contributed by atoms with Crippen LogP contribution >= 0.6 is 0 Å². The quantitative estimate of drug-likeness (QED) is 0.408. The molecule has 1 aromatic carbocycles. The predicted molar refractivity (Wildman–Crippen MR) is 36.2 cm³/mol. The third kappa shape index (κ3) is 1.16. The minimum absolute atomic E-state index is 0.0139. The monoisotopic (exact) mass is 142 g/mol. The molecule has 0 unspecified atom stereocenters. The summed E-state index contributed by atoms with van der Waals surface area (Å²) in [6.07, 6.45) is 0. The molecule has 0 aliphatic heterocycles. The second-order valence-electron chi connectivity index (χ2n) is 1.85. The number of hydrogen-bond donors (Lipinski definition) is 3. The van der Waals surface area contributed by atoms with Crippen LogP contribution in [-0.4, -0.2) is 5.21 Å². The fourth-order valence-electron chi connectivity index (χ4n) is 0.629. The molecule has 1 aromatic rings. The maximum absolute atomic E-state index is 12.5. The van der Waals surface area contributed by atoms with Gasteiger partial charge in [0.05, 0.1) is 5.69 Å². The summed E-state index contributed by atoms with van der Waals surface area (Å²) >= 11 is 0. The summed E-state index contributed by atoms with van der Waals surface area (Å²) < 4.78 is 12.5. The molecule has 0 heterocycles. The Balaban J connectivity index is 3.09. The van der Waals surface area contributed by atoms with E-state index >= 15 is 0 Å². The normalized spacial score (nSPS) is 9.40. The minimum atomic E-state index is -0.531. The molecule has 1 rings (SSSR count). The molecular formula is C6H7FN2O.